The fourth-order valence-corrected chi connectivity index (χ4v) is 5.91. The highest BCUT2D eigenvalue weighted by Gasteiger charge is 2.29. The lowest BCUT2D eigenvalue weighted by atomic mass is 10.0. The predicted octanol–water partition coefficient (Wildman–Crippen LogP) is 4.86. The Balaban J connectivity index is 1.35. The van der Waals surface area contributed by atoms with Crippen LogP contribution in [0.15, 0.2) is 47.3 Å². The first kappa shape index (κ1) is 24.6. The lowest BCUT2D eigenvalue weighted by molar-refractivity contribution is 0.169. The van der Waals surface area contributed by atoms with Gasteiger partial charge in [0.1, 0.15) is 0 Å². The van der Waals surface area contributed by atoms with E-state index < -0.39 is 0 Å². The highest BCUT2D eigenvalue weighted by atomic mass is 16.7. The third kappa shape index (κ3) is 4.78. The summed E-state index contributed by atoms with van der Waals surface area (Å²) < 4.78 is 13.1. The molecule has 9 nitrogen and oxygen atoms in total. The van der Waals surface area contributed by atoms with Crippen molar-refractivity contribution in [3.63, 3.8) is 0 Å². The van der Waals surface area contributed by atoms with Gasteiger partial charge >= 0.3 is 0 Å². The molecule has 0 bridgehead atoms. The molecular formula is C29H34N6O3. The van der Waals surface area contributed by atoms with Crippen LogP contribution in [0.2, 0.25) is 0 Å². The van der Waals surface area contributed by atoms with Gasteiger partial charge in [0.05, 0.1) is 17.6 Å². The normalized spacial score (nSPS) is 16.1. The van der Waals surface area contributed by atoms with Crippen LogP contribution < -0.4 is 15.0 Å². The van der Waals surface area contributed by atoms with Crippen LogP contribution in [0.4, 0.5) is 0 Å². The number of aromatic nitrogens is 5. The van der Waals surface area contributed by atoms with Gasteiger partial charge in [-0.2, -0.15) is 0 Å². The Morgan fingerprint density at radius 2 is 1.89 bits per heavy atom. The van der Waals surface area contributed by atoms with Crippen LogP contribution in [0.25, 0.3) is 10.9 Å². The number of nitrogens with one attached hydrogen (secondary N) is 1. The molecule has 4 aromatic rings. The number of aromatic amines is 1. The molecule has 38 heavy (non-hydrogen) atoms. The van der Waals surface area contributed by atoms with E-state index in [2.05, 4.69) is 63.5 Å². The molecule has 1 fully saturated rings. The topological polar surface area (TPSA) is 98.2 Å². The van der Waals surface area contributed by atoms with Gasteiger partial charge in [-0.3, -0.25) is 9.69 Å². The smallest absolute Gasteiger partial charge is 0.252 e. The van der Waals surface area contributed by atoms with E-state index in [9.17, 15) is 4.79 Å². The van der Waals surface area contributed by atoms with Crippen LogP contribution in [0, 0.1) is 6.92 Å². The fraction of sp³-hybridized carbons (Fsp3) is 0.448. The summed E-state index contributed by atoms with van der Waals surface area (Å²) in [4.78, 5) is 18.7. The predicted molar refractivity (Wildman–Crippen MR) is 144 cm³/mol. The number of rotatable bonds is 9. The van der Waals surface area contributed by atoms with E-state index in [0.717, 1.165) is 49.0 Å². The molecule has 3 heterocycles. The van der Waals surface area contributed by atoms with Gasteiger partial charge in [0.15, 0.2) is 17.3 Å². The van der Waals surface area contributed by atoms with Crippen molar-refractivity contribution in [2.75, 3.05) is 13.3 Å². The number of hydrogen-bond donors (Lipinski definition) is 1. The maximum Gasteiger partial charge on any atom is 0.252 e. The van der Waals surface area contributed by atoms with Gasteiger partial charge in [0.25, 0.3) is 5.56 Å². The largest absolute Gasteiger partial charge is 0.454 e. The second-order valence-corrected chi connectivity index (χ2v) is 10.4. The van der Waals surface area contributed by atoms with E-state index in [1.165, 1.54) is 24.0 Å². The van der Waals surface area contributed by atoms with Crippen LogP contribution in [-0.4, -0.2) is 43.4 Å². The van der Waals surface area contributed by atoms with E-state index >= 15 is 0 Å². The number of ether oxygens (including phenoxy) is 2. The zero-order valence-corrected chi connectivity index (χ0v) is 22.0. The first-order valence-corrected chi connectivity index (χ1v) is 13.6. The molecule has 198 valence electrons. The molecule has 0 amide bonds. The van der Waals surface area contributed by atoms with Crippen molar-refractivity contribution in [3.05, 3.63) is 75.3 Å². The lowest BCUT2D eigenvalue weighted by Gasteiger charge is -2.31. The molecule has 0 spiro atoms. The van der Waals surface area contributed by atoms with Gasteiger partial charge in [-0.1, -0.05) is 44.0 Å². The monoisotopic (exact) mass is 514 g/mol. The summed E-state index contributed by atoms with van der Waals surface area (Å²) in [5.41, 5.74) is 3.94. The highest BCUT2D eigenvalue weighted by Crippen LogP contribution is 2.36. The first-order valence-electron chi connectivity index (χ1n) is 13.6. The Kier molecular flexibility index (Phi) is 6.84. The van der Waals surface area contributed by atoms with Crippen LogP contribution in [0.1, 0.15) is 73.6 Å². The van der Waals surface area contributed by atoms with Gasteiger partial charge in [-0.25, -0.2) is 4.68 Å². The minimum Gasteiger partial charge on any atom is -0.454 e. The Hall–Kier alpha value is -3.72. The number of aryl methyl sites for hydroxylation is 1. The number of H-pyrrole nitrogens is 1. The number of pyridine rings is 1. The number of fused-ring (bicyclic) bond motifs is 2. The second kappa shape index (κ2) is 10.6. The summed E-state index contributed by atoms with van der Waals surface area (Å²) in [5.74, 6) is 2.25. The number of hydrogen-bond acceptors (Lipinski definition) is 7. The van der Waals surface area contributed by atoms with E-state index in [-0.39, 0.29) is 18.4 Å². The molecule has 9 heteroatoms. The summed E-state index contributed by atoms with van der Waals surface area (Å²) in [6.07, 6.45) is 6.35. The summed E-state index contributed by atoms with van der Waals surface area (Å²) in [5, 5.41) is 14.0. The zero-order chi connectivity index (χ0) is 26.1. The average molecular weight is 515 g/mol. The summed E-state index contributed by atoms with van der Waals surface area (Å²) in [6, 6.07) is 14.6. The van der Waals surface area contributed by atoms with Gasteiger partial charge in [0.2, 0.25) is 6.79 Å². The van der Waals surface area contributed by atoms with Crippen molar-refractivity contribution >= 4 is 10.9 Å². The Labute approximate surface area is 221 Å². The molecular weight excluding hydrogens is 480 g/mol. The standard InChI is InChI=1S/C29H34N6O3/c1-3-25(28-31-32-33-35(28)23-10-6-7-11-23)34(13-12-20-9-5-4-8-19(20)2)17-22-14-21-15-26-27(38-18-37-26)16-24(21)30-29(22)36/h4-5,8-9,14-16,23,25H,3,6-7,10-13,17-18H2,1-2H3,(H,30,36)/t25-/m1/s1. The molecule has 2 aliphatic rings. The summed E-state index contributed by atoms with van der Waals surface area (Å²) in [7, 11) is 0. The van der Waals surface area contributed by atoms with Gasteiger partial charge in [0, 0.05) is 30.1 Å². The minimum absolute atomic E-state index is 0.0125. The molecule has 2 aromatic heterocycles. The number of nitrogens with zero attached hydrogens (tertiary/aromatic N) is 5. The highest BCUT2D eigenvalue weighted by molar-refractivity contribution is 5.83. The third-order valence-corrected chi connectivity index (χ3v) is 8.03. The maximum absolute atomic E-state index is 13.3. The van der Waals surface area contributed by atoms with E-state index in [1.54, 1.807) is 0 Å². The van der Waals surface area contributed by atoms with Crippen LogP contribution in [-0.2, 0) is 13.0 Å². The quantitative estimate of drug-likeness (QED) is 0.340. The lowest BCUT2D eigenvalue weighted by Crippen LogP contribution is -2.34. The first-order chi connectivity index (χ1) is 18.6. The molecule has 1 aliphatic heterocycles. The number of benzene rings is 2. The summed E-state index contributed by atoms with van der Waals surface area (Å²) >= 11 is 0. The third-order valence-electron chi connectivity index (χ3n) is 8.03. The van der Waals surface area contributed by atoms with Gasteiger partial charge < -0.3 is 14.5 Å². The molecule has 1 saturated carbocycles. The fourth-order valence-electron chi connectivity index (χ4n) is 5.91. The summed E-state index contributed by atoms with van der Waals surface area (Å²) in [6.45, 7) is 5.78. The van der Waals surface area contributed by atoms with Crippen molar-refractivity contribution in [1.29, 1.82) is 0 Å². The van der Waals surface area contributed by atoms with E-state index in [0.29, 0.717) is 29.6 Å². The minimum atomic E-state index is -0.0949. The van der Waals surface area contributed by atoms with Crippen molar-refractivity contribution in [2.45, 2.75) is 71.0 Å². The Morgan fingerprint density at radius 1 is 1.11 bits per heavy atom. The second-order valence-electron chi connectivity index (χ2n) is 10.4. The Morgan fingerprint density at radius 3 is 2.68 bits per heavy atom. The van der Waals surface area contributed by atoms with Crippen LogP contribution in [0.5, 0.6) is 11.5 Å². The molecule has 1 N–H and O–H groups in total. The van der Waals surface area contributed by atoms with Crippen molar-refractivity contribution in [2.24, 2.45) is 0 Å². The number of tetrazole rings is 1. The van der Waals surface area contributed by atoms with Gasteiger partial charge in [-0.15, -0.1) is 5.10 Å². The molecule has 2 aromatic carbocycles. The molecule has 1 aliphatic carbocycles. The SMILES string of the molecule is CC[C@H](c1nnnn1C1CCCC1)N(CCc1ccccc1C)Cc1cc2cc3c(cc2[nH]c1=O)OCO3. The molecule has 1 atom stereocenters. The average Bonchev–Trinajstić information content (AvgIpc) is 3.69. The Bertz CT molecular complexity index is 1490. The van der Waals surface area contributed by atoms with E-state index in [4.69, 9.17) is 9.47 Å². The van der Waals surface area contributed by atoms with E-state index in [1.807, 2.05) is 22.9 Å². The zero-order valence-electron chi connectivity index (χ0n) is 22.0. The van der Waals surface area contributed by atoms with Gasteiger partial charge in [-0.05, 0) is 66.3 Å². The van der Waals surface area contributed by atoms with Crippen LogP contribution in [0.3, 0.4) is 0 Å². The van der Waals surface area contributed by atoms with Crippen molar-refractivity contribution in [3.8, 4) is 11.5 Å². The molecule has 0 radical (unpaired) electrons. The van der Waals surface area contributed by atoms with Crippen molar-refractivity contribution < 1.29 is 9.47 Å². The molecule has 0 saturated heterocycles. The van der Waals surface area contributed by atoms with Crippen molar-refractivity contribution in [1.82, 2.24) is 30.1 Å². The van der Waals surface area contributed by atoms with Crippen LogP contribution >= 0.6 is 0 Å². The molecule has 0 unspecified atom stereocenters. The molecule has 6 rings (SSSR count). The maximum atomic E-state index is 13.3.